The Hall–Kier alpha value is -1.04. The third-order valence-corrected chi connectivity index (χ3v) is 2.59. The first-order chi connectivity index (χ1) is 8.04. The molecular formula is C12H19BO4. The Bertz CT molecular complexity index is 354. The lowest BCUT2D eigenvalue weighted by molar-refractivity contribution is 0.135. The number of rotatable bonds is 6. The summed E-state index contributed by atoms with van der Waals surface area (Å²) in [5.74, 6) is 0.732. The zero-order valence-corrected chi connectivity index (χ0v) is 10.5. The monoisotopic (exact) mass is 238 g/mol. The first kappa shape index (κ1) is 14.0. The zero-order chi connectivity index (χ0) is 12.8. The van der Waals surface area contributed by atoms with Crippen LogP contribution in [0.5, 0.6) is 5.75 Å². The summed E-state index contributed by atoms with van der Waals surface area (Å²) >= 11 is 0. The van der Waals surface area contributed by atoms with Gasteiger partial charge in [-0.25, -0.2) is 0 Å². The van der Waals surface area contributed by atoms with Crippen molar-refractivity contribution in [2.24, 2.45) is 0 Å². The summed E-state index contributed by atoms with van der Waals surface area (Å²) in [7, 11) is 0.226. The van der Waals surface area contributed by atoms with Gasteiger partial charge in [-0.15, -0.1) is 0 Å². The predicted octanol–water partition coefficient (Wildman–Crippen LogP) is 0.479. The van der Waals surface area contributed by atoms with Gasteiger partial charge in [0.25, 0.3) is 0 Å². The van der Waals surface area contributed by atoms with Crippen LogP contribution in [-0.4, -0.2) is 37.0 Å². The Kier molecular flexibility index (Phi) is 5.48. The molecule has 1 aromatic rings. The SMILES string of the molecule is COCCC(C)Oc1ccc(B(O)O)c(C)c1. The van der Waals surface area contributed by atoms with E-state index in [-0.39, 0.29) is 6.10 Å². The smallest absolute Gasteiger partial charge is 0.488 e. The maximum absolute atomic E-state index is 9.09. The largest absolute Gasteiger partial charge is 0.491 e. The molecule has 5 heteroatoms. The molecule has 17 heavy (non-hydrogen) atoms. The highest BCUT2D eigenvalue weighted by atomic mass is 16.5. The number of hydrogen-bond acceptors (Lipinski definition) is 4. The molecule has 1 atom stereocenters. The van der Waals surface area contributed by atoms with Gasteiger partial charge in [0.05, 0.1) is 6.10 Å². The van der Waals surface area contributed by atoms with E-state index in [0.29, 0.717) is 12.1 Å². The number of ether oxygens (including phenoxy) is 2. The Morgan fingerprint density at radius 3 is 2.59 bits per heavy atom. The molecule has 0 aromatic heterocycles. The summed E-state index contributed by atoms with van der Waals surface area (Å²) < 4.78 is 10.7. The predicted molar refractivity (Wildman–Crippen MR) is 67.6 cm³/mol. The van der Waals surface area contributed by atoms with Crippen LogP contribution in [-0.2, 0) is 4.74 Å². The molecule has 0 amide bonds. The molecule has 0 heterocycles. The summed E-state index contributed by atoms with van der Waals surface area (Å²) in [5, 5.41) is 18.2. The fraction of sp³-hybridized carbons (Fsp3) is 0.500. The van der Waals surface area contributed by atoms with E-state index in [1.807, 2.05) is 13.8 Å². The third-order valence-electron chi connectivity index (χ3n) is 2.59. The van der Waals surface area contributed by atoms with Crippen LogP contribution in [0, 0.1) is 6.92 Å². The summed E-state index contributed by atoms with van der Waals surface area (Å²) in [6, 6.07) is 5.21. The summed E-state index contributed by atoms with van der Waals surface area (Å²) in [6.45, 7) is 4.46. The van der Waals surface area contributed by atoms with Crippen molar-refractivity contribution in [3.05, 3.63) is 23.8 Å². The molecule has 2 N–H and O–H groups in total. The highest BCUT2D eigenvalue weighted by Crippen LogP contribution is 2.14. The average molecular weight is 238 g/mol. The maximum Gasteiger partial charge on any atom is 0.488 e. The van der Waals surface area contributed by atoms with Gasteiger partial charge in [-0.3, -0.25) is 0 Å². The molecule has 1 aromatic carbocycles. The molecule has 1 rings (SSSR count). The Labute approximate surface area is 102 Å². The van der Waals surface area contributed by atoms with Gasteiger partial charge < -0.3 is 19.5 Å². The van der Waals surface area contributed by atoms with Gasteiger partial charge in [0.1, 0.15) is 5.75 Å². The number of benzene rings is 1. The minimum absolute atomic E-state index is 0.0687. The molecule has 4 nitrogen and oxygen atoms in total. The average Bonchev–Trinajstić information content (AvgIpc) is 2.26. The van der Waals surface area contributed by atoms with Gasteiger partial charge >= 0.3 is 7.12 Å². The minimum Gasteiger partial charge on any atom is -0.491 e. The highest BCUT2D eigenvalue weighted by molar-refractivity contribution is 6.59. The molecule has 0 aliphatic heterocycles. The number of methoxy groups -OCH3 is 1. The van der Waals surface area contributed by atoms with Gasteiger partial charge in [0.2, 0.25) is 0 Å². The molecule has 0 fully saturated rings. The topological polar surface area (TPSA) is 58.9 Å². The van der Waals surface area contributed by atoms with Gasteiger partial charge in [-0.2, -0.15) is 0 Å². The second-order valence-corrected chi connectivity index (χ2v) is 4.10. The van der Waals surface area contributed by atoms with E-state index in [0.717, 1.165) is 17.7 Å². The molecule has 0 saturated heterocycles. The van der Waals surface area contributed by atoms with E-state index in [1.54, 1.807) is 25.3 Å². The Balaban J connectivity index is 2.64. The molecular weight excluding hydrogens is 219 g/mol. The quantitative estimate of drug-likeness (QED) is 0.707. The van der Waals surface area contributed by atoms with Crippen LogP contribution in [0.1, 0.15) is 18.9 Å². The molecule has 94 valence electrons. The lowest BCUT2D eigenvalue weighted by Crippen LogP contribution is -2.32. The molecule has 0 aliphatic rings. The minimum atomic E-state index is -1.44. The van der Waals surface area contributed by atoms with Crippen molar-refractivity contribution in [3.8, 4) is 5.75 Å². The molecule has 0 radical (unpaired) electrons. The Morgan fingerprint density at radius 1 is 1.35 bits per heavy atom. The van der Waals surface area contributed by atoms with Gasteiger partial charge in [0.15, 0.2) is 0 Å². The molecule has 1 unspecified atom stereocenters. The molecule has 0 aliphatic carbocycles. The van der Waals surface area contributed by atoms with Crippen LogP contribution >= 0.6 is 0 Å². The van der Waals surface area contributed by atoms with E-state index in [1.165, 1.54) is 0 Å². The van der Waals surface area contributed by atoms with E-state index in [9.17, 15) is 0 Å². The van der Waals surface area contributed by atoms with E-state index >= 15 is 0 Å². The zero-order valence-electron chi connectivity index (χ0n) is 10.5. The van der Waals surface area contributed by atoms with Crippen molar-refractivity contribution in [3.63, 3.8) is 0 Å². The van der Waals surface area contributed by atoms with Crippen molar-refractivity contribution < 1.29 is 19.5 Å². The van der Waals surface area contributed by atoms with Crippen LogP contribution in [0.3, 0.4) is 0 Å². The van der Waals surface area contributed by atoms with Gasteiger partial charge in [0, 0.05) is 20.1 Å². The van der Waals surface area contributed by atoms with Crippen molar-refractivity contribution in [2.45, 2.75) is 26.4 Å². The van der Waals surface area contributed by atoms with Crippen molar-refractivity contribution in [2.75, 3.05) is 13.7 Å². The fourth-order valence-corrected chi connectivity index (χ4v) is 1.59. The second-order valence-electron chi connectivity index (χ2n) is 4.10. The van der Waals surface area contributed by atoms with E-state index < -0.39 is 7.12 Å². The molecule has 0 saturated carbocycles. The van der Waals surface area contributed by atoms with E-state index in [4.69, 9.17) is 19.5 Å². The maximum atomic E-state index is 9.09. The number of hydrogen-bond donors (Lipinski definition) is 2. The standard InChI is InChI=1S/C12H19BO4/c1-9-8-11(4-5-12(9)13(14)15)17-10(2)6-7-16-3/h4-5,8,10,14-15H,6-7H2,1-3H3. The highest BCUT2D eigenvalue weighted by Gasteiger charge is 2.14. The first-order valence-electron chi connectivity index (χ1n) is 5.67. The van der Waals surface area contributed by atoms with Crippen LogP contribution in [0.15, 0.2) is 18.2 Å². The lowest BCUT2D eigenvalue weighted by atomic mass is 9.77. The van der Waals surface area contributed by atoms with Gasteiger partial charge in [-0.05, 0) is 37.0 Å². The van der Waals surface area contributed by atoms with E-state index in [2.05, 4.69) is 0 Å². The van der Waals surface area contributed by atoms with Crippen molar-refractivity contribution >= 4 is 12.6 Å². The van der Waals surface area contributed by atoms with Crippen LogP contribution in [0.2, 0.25) is 0 Å². The molecule has 0 bridgehead atoms. The molecule has 0 spiro atoms. The van der Waals surface area contributed by atoms with Crippen molar-refractivity contribution in [1.82, 2.24) is 0 Å². The lowest BCUT2D eigenvalue weighted by Gasteiger charge is -2.15. The number of aryl methyl sites for hydroxylation is 1. The summed E-state index contributed by atoms with van der Waals surface area (Å²) in [4.78, 5) is 0. The second kappa shape index (κ2) is 6.64. The Morgan fingerprint density at radius 2 is 2.06 bits per heavy atom. The summed E-state index contributed by atoms with van der Waals surface area (Å²) in [6.07, 6.45) is 0.888. The first-order valence-corrected chi connectivity index (χ1v) is 5.67. The van der Waals surface area contributed by atoms with Crippen molar-refractivity contribution in [1.29, 1.82) is 0 Å². The van der Waals surface area contributed by atoms with Gasteiger partial charge in [-0.1, -0.05) is 6.07 Å². The fourth-order valence-electron chi connectivity index (χ4n) is 1.59. The summed E-state index contributed by atoms with van der Waals surface area (Å²) in [5.41, 5.74) is 1.30. The van der Waals surface area contributed by atoms with Crippen LogP contribution in [0.25, 0.3) is 0 Å². The van der Waals surface area contributed by atoms with Crippen LogP contribution in [0.4, 0.5) is 0 Å². The normalized spacial score (nSPS) is 12.3. The third kappa shape index (κ3) is 4.38. The van der Waals surface area contributed by atoms with Crippen LogP contribution < -0.4 is 10.2 Å².